The van der Waals surface area contributed by atoms with Crippen molar-refractivity contribution in [2.75, 3.05) is 45.7 Å². The van der Waals surface area contributed by atoms with Crippen molar-refractivity contribution in [3.63, 3.8) is 0 Å². The molecule has 1 aliphatic heterocycles. The lowest BCUT2D eigenvalue weighted by atomic mass is 9.33. The number of aliphatic carboxylic acids is 1. The molecule has 0 radical (unpaired) electrons. The first-order chi connectivity index (χ1) is 25.2. The molecule has 4 saturated carbocycles. The van der Waals surface area contributed by atoms with Gasteiger partial charge in [0, 0.05) is 31.7 Å². The lowest BCUT2D eigenvalue weighted by Crippen LogP contribution is -2.68. The van der Waals surface area contributed by atoms with E-state index in [0.717, 1.165) is 32.1 Å². The highest BCUT2D eigenvalue weighted by Crippen LogP contribution is 2.76. The van der Waals surface area contributed by atoms with Crippen molar-refractivity contribution in [1.29, 1.82) is 0 Å². The highest BCUT2D eigenvalue weighted by molar-refractivity contribution is 7.88. The molecule has 8 nitrogen and oxygen atoms in total. The van der Waals surface area contributed by atoms with Crippen LogP contribution in [0.2, 0.25) is 0 Å². The number of sulfonamides is 1. The molecule has 10 atom stereocenters. The Balaban J connectivity index is 1.12. The van der Waals surface area contributed by atoms with E-state index in [9.17, 15) is 27.5 Å². The van der Waals surface area contributed by atoms with Crippen LogP contribution < -0.4 is 5.32 Å². The standard InChI is InChI=1S/C44H68FN3O5S/c1-29(2)31-13-20-44(46-27-36(49)47-23-25-48(26-24-47)54(8,52)53)22-21-41(6)33(37(31)44)9-10-35-40(5)16-14-32(39(3,4)34(40)15-17-42(35,41)7)30-11-18-43(28-45,19-12-30)38(50)51/h11,14,31,33-35,37,46H,1,9-10,12-13,15-28H2,2-8H3,(H,50,51)/t31-,33+,34-,35+,37+,40?,41+,42+,43-,44-/m0/s1. The topological polar surface area (TPSA) is 107 Å². The highest BCUT2D eigenvalue weighted by atomic mass is 32.2. The largest absolute Gasteiger partial charge is 0.481 e. The molecule has 7 rings (SSSR count). The molecule has 10 heteroatoms. The van der Waals surface area contributed by atoms with Crippen molar-refractivity contribution >= 4 is 21.9 Å². The summed E-state index contributed by atoms with van der Waals surface area (Å²) in [7, 11) is -3.25. The molecule has 1 amide bonds. The zero-order valence-corrected chi connectivity index (χ0v) is 35.1. The van der Waals surface area contributed by atoms with E-state index >= 15 is 0 Å². The monoisotopic (exact) mass is 769 g/mol. The van der Waals surface area contributed by atoms with Crippen LogP contribution in [0.25, 0.3) is 0 Å². The van der Waals surface area contributed by atoms with Gasteiger partial charge in [-0.25, -0.2) is 12.8 Å². The summed E-state index contributed by atoms with van der Waals surface area (Å²) < 4.78 is 39.6. The Labute approximate surface area is 324 Å². The summed E-state index contributed by atoms with van der Waals surface area (Å²) in [6.45, 7) is 20.6. The maximum Gasteiger partial charge on any atom is 0.312 e. The Hall–Kier alpha value is -2.04. The molecule has 0 aromatic heterocycles. The molecular formula is C44H68FN3O5S. The van der Waals surface area contributed by atoms with Crippen molar-refractivity contribution in [1.82, 2.24) is 14.5 Å². The second-order valence-electron chi connectivity index (χ2n) is 20.4. The van der Waals surface area contributed by atoms with Gasteiger partial charge in [0.1, 0.15) is 6.67 Å². The van der Waals surface area contributed by atoms with E-state index in [0.29, 0.717) is 75.2 Å². The predicted octanol–water partition coefficient (Wildman–Crippen LogP) is 7.78. The number of allylic oxidation sites excluding steroid dienone is 5. The summed E-state index contributed by atoms with van der Waals surface area (Å²) in [6.07, 6.45) is 17.3. The van der Waals surface area contributed by atoms with E-state index < -0.39 is 28.1 Å². The minimum Gasteiger partial charge on any atom is -0.481 e. The summed E-state index contributed by atoms with van der Waals surface area (Å²) in [5.74, 6) is 1.57. The van der Waals surface area contributed by atoms with Gasteiger partial charge in [-0.05, 0) is 146 Å². The summed E-state index contributed by atoms with van der Waals surface area (Å²) in [5, 5.41) is 13.8. The van der Waals surface area contributed by atoms with E-state index in [-0.39, 0.29) is 39.5 Å². The van der Waals surface area contributed by atoms with Crippen LogP contribution in [0, 0.1) is 56.7 Å². The third kappa shape index (κ3) is 5.94. The van der Waals surface area contributed by atoms with Gasteiger partial charge in [-0.1, -0.05) is 58.9 Å². The number of alkyl halides is 1. The maximum absolute atomic E-state index is 14.0. The second kappa shape index (κ2) is 13.5. The molecule has 0 spiro atoms. The Kier molecular flexibility index (Phi) is 10.1. The number of carboxylic acid groups (broad SMARTS) is 1. The fraction of sp³-hybridized carbons (Fsp3) is 0.818. The van der Waals surface area contributed by atoms with Crippen molar-refractivity contribution in [3.05, 3.63) is 35.5 Å². The van der Waals surface area contributed by atoms with Crippen molar-refractivity contribution in [3.8, 4) is 0 Å². The van der Waals surface area contributed by atoms with Crippen LogP contribution in [0.1, 0.15) is 119 Å². The lowest BCUT2D eigenvalue weighted by molar-refractivity contribution is -0.221. The van der Waals surface area contributed by atoms with Crippen LogP contribution in [-0.4, -0.2) is 85.8 Å². The zero-order valence-electron chi connectivity index (χ0n) is 34.2. The normalized spacial score (nSPS) is 43.5. The maximum atomic E-state index is 14.0. The van der Waals surface area contributed by atoms with Crippen LogP contribution in [0.4, 0.5) is 4.39 Å². The van der Waals surface area contributed by atoms with Crippen molar-refractivity contribution < 1.29 is 27.5 Å². The van der Waals surface area contributed by atoms with Gasteiger partial charge in [0.15, 0.2) is 0 Å². The average Bonchev–Trinajstić information content (AvgIpc) is 3.51. The molecule has 302 valence electrons. The van der Waals surface area contributed by atoms with Gasteiger partial charge in [-0.15, -0.1) is 0 Å². The van der Waals surface area contributed by atoms with E-state index in [4.69, 9.17) is 0 Å². The number of piperazine rings is 1. The van der Waals surface area contributed by atoms with Crippen molar-refractivity contribution in [2.24, 2.45) is 56.7 Å². The minimum atomic E-state index is -3.25. The van der Waals surface area contributed by atoms with Gasteiger partial charge in [0.2, 0.25) is 15.9 Å². The van der Waals surface area contributed by atoms with E-state index in [1.165, 1.54) is 53.0 Å². The quantitative estimate of drug-likeness (QED) is 0.245. The summed E-state index contributed by atoms with van der Waals surface area (Å²) in [6, 6.07) is 0. The van der Waals surface area contributed by atoms with Gasteiger partial charge in [-0.3, -0.25) is 9.59 Å². The number of hydrogen-bond donors (Lipinski definition) is 2. The number of rotatable bonds is 8. The zero-order chi connectivity index (χ0) is 39.3. The fourth-order valence-electron chi connectivity index (χ4n) is 14.8. The van der Waals surface area contributed by atoms with Gasteiger partial charge in [0.25, 0.3) is 0 Å². The Morgan fingerprint density at radius 1 is 0.907 bits per heavy atom. The minimum absolute atomic E-state index is 0.0526. The second-order valence-corrected chi connectivity index (χ2v) is 22.4. The van der Waals surface area contributed by atoms with E-state index in [1.54, 1.807) is 0 Å². The number of carboxylic acids is 1. The number of hydrogen-bond acceptors (Lipinski definition) is 5. The first-order valence-electron chi connectivity index (χ1n) is 21.0. The SMILES string of the molecule is C=C(C)[C@@H]1CC[C@]2(NCC(=O)N3CCN(S(C)(=O)=O)CC3)CC[C@]3(C)[C@H](CC[C@@H]4C5(C)CC=C(C6=CC[C@](CF)(C(=O)O)CC6)C(C)(C)[C@@H]5CC[C@]43C)[C@@H]12. The Morgan fingerprint density at radius 3 is 2.20 bits per heavy atom. The van der Waals surface area contributed by atoms with Gasteiger partial charge in [-0.2, -0.15) is 4.31 Å². The van der Waals surface area contributed by atoms with Crippen LogP contribution >= 0.6 is 0 Å². The smallest absolute Gasteiger partial charge is 0.312 e. The van der Waals surface area contributed by atoms with Crippen LogP contribution in [0.5, 0.6) is 0 Å². The number of nitrogens with zero attached hydrogens (tertiary/aromatic N) is 2. The number of halogens is 1. The summed E-state index contributed by atoms with van der Waals surface area (Å²) in [4.78, 5) is 27.5. The van der Waals surface area contributed by atoms with Gasteiger partial charge >= 0.3 is 5.97 Å². The molecule has 1 saturated heterocycles. The predicted molar refractivity (Wildman–Crippen MR) is 212 cm³/mol. The number of amides is 1. The lowest BCUT2D eigenvalue weighted by Gasteiger charge is -2.72. The molecule has 54 heavy (non-hydrogen) atoms. The molecule has 7 aliphatic rings. The highest BCUT2D eigenvalue weighted by Gasteiger charge is 2.70. The molecule has 2 N–H and O–H groups in total. The first-order valence-corrected chi connectivity index (χ1v) is 22.9. The third-order valence-electron chi connectivity index (χ3n) is 18.0. The van der Waals surface area contributed by atoms with Crippen LogP contribution in [-0.2, 0) is 19.6 Å². The number of nitrogens with one attached hydrogen (secondary N) is 1. The average molecular weight is 770 g/mol. The molecular weight excluding hydrogens is 702 g/mol. The summed E-state index contributed by atoms with van der Waals surface area (Å²) >= 11 is 0. The molecule has 0 bridgehead atoms. The van der Waals surface area contributed by atoms with E-state index in [1.807, 2.05) is 4.90 Å². The van der Waals surface area contributed by atoms with Crippen molar-refractivity contribution in [2.45, 2.75) is 124 Å². The Morgan fingerprint density at radius 2 is 1.61 bits per heavy atom. The molecule has 1 heterocycles. The molecule has 1 unspecified atom stereocenters. The fourth-order valence-corrected chi connectivity index (χ4v) is 15.6. The molecule has 0 aromatic carbocycles. The number of fused-ring (bicyclic) bond motifs is 7. The number of carbonyl (C=O) groups is 2. The molecule has 6 aliphatic carbocycles. The Bertz CT molecular complexity index is 1730. The van der Waals surface area contributed by atoms with Crippen LogP contribution in [0.3, 0.4) is 0 Å². The third-order valence-corrected chi connectivity index (χ3v) is 19.3. The summed E-state index contributed by atoms with van der Waals surface area (Å²) in [5.41, 5.74) is 2.96. The van der Waals surface area contributed by atoms with Gasteiger partial charge < -0.3 is 15.3 Å². The number of carbonyl (C=O) groups excluding carboxylic acids is 1. The molecule has 5 fully saturated rings. The first kappa shape index (κ1) is 40.2. The van der Waals surface area contributed by atoms with E-state index in [2.05, 4.69) is 65.6 Å². The molecule has 0 aromatic rings. The van der Waals surface area contributed by atoms with Gasteiger partial charge in [0.05, 0.1) is 18.2 Å². The van der Waals surface area contributed by atoms with Crippen LogP contribution in [0.15, 0.2) is 35.5 Å².